The summed E-state index contributed by atoms with van der Waals surface area (Å²) < 4.78 is 0. The van der Waals surface area contributed by atoms with Crippen molar-refractivity contribution < 1.29 is 5.11 Å². The quantitative estimate of drug-likeness (QED) is 0.697. The molecule has 1 aromatic heterocycles. The van der Waals surface area contributed by atoms with Gasteiger partial charge in [0.15, 0.2) is 0 Å². The highest BCUT2D eigenvalue weighted by molar-refractivity contribution is 5.53. The van der Waals surface area contributed by atoms with Crippen LogP contribution in [0, 0.1) is 5.92 Å². The lowest BCUT2D eigenvalue weighted by atomic mass is 9.94. The molecular weight excluding hydrogens is 226 g/mol. The van der Waals surface area contributed by atoms with E-state index in [1.165, 1.54) is 0 Å². The fourth-order valence-electron chi connectivity index (χ4n) is 2.08. The summed E-state index contributed by atoms with van der Waals surface area (Å²) in [5, 5.41) is 16.7. The van der Waals surface area contributed by atoms with Crippen molar-refractivity contribution in [2.45, 2.75) is 39.7 Å². The molecule has 0 bridgehead atoms. The van der Waals surface area contributed by atoms with E-state index in [1.54, 1.807) is 12.4 Å². The second kappa shape index (κ2) is 6.59. The molecule has 0 saturated heterocycles. The summed E-state index contributed by atoms with van der Waals surface area (Å²) >= 11 is 0. The monoisotopic (exact) mass is 251 g/mol. The van der Waals surface area contributed by atoms with Crippen molar-refractivity contribution in [1.29, 1.82) is 0 Å². The first-order chi connectivity index (χ1) is 8.43. The molecule has 1 unspecified atom stereocenters. The number of nitrogens with one attached hydrogen (secondary N) is 2. The highest BCUT2D eigenvalue weighted by atomic mass is 16.3. The average Bonchev–Trinajstić information content (AvgIpc) is 2.26. The lowest BCUT2D eigenvalue weighted by Crippen LogP contribution is -2.34. The second-order valence-electron chi connectivity index (χ2n) is 5.44. The van der Waals surface area contributed by atoms with Gasteiger partial charge in [-0.2, -0.15) is 0 Å². The summed E-state index contributed by atoms with van der Waals surface area (Å²) in [4.78, 5) is 4.16. The molecule has 0 aliphatic rings. The first-order valence-electron chi connectivity index (χ1n) is 6.58. The summed E-state index contributed by atoms with van der Waals surface area (Å²) in [5.41, 5.74) is 1.23. The Morgan fingerprint density at radius 3 is 2.44 bits per heavy atom. The number of pyridine rings is 1. The van der Waals surface area contributed by atoms with Crippen LogP contribution in [0.3, 0.4) is 0 Å². The minimum absolute atomic E-state index is 0.480. The van der Waals surface area contributed by atoms with Crippen LogP contribution >= 0.6 is 0 Å². The van der Waals surface area contributed by atoms with Gasteiger partial charge in [0.05, 0.1) is 29.4 Å². The molecule has 0 amide bonds. The van der Waals surface area contributed by atoms with Crippen molar-refractivity contribution in [1.82, 2.24) is 4.98 Å². The molecule has 1 rings (SSSR count). The summed E-state index contributed by atoms with van der Waals surface area (Å²) in [6.07, 6.45) is 4.34. The summed E-state index contributed by atoms with van der Waals surface area (Å²) in [6.45, 7) is 9.54. The Morgan fingerprint density at radius 2 is 1.89 bits per heavy atom. The molecular formula is C14H25N3O. The Kier molecular flexibility index (Phi) is 5.41. The molecule has 4 nitrogen and oxygen atoms in total. The molecule has 0 fully saturated rings. The predicted molar refractivity (Wildman–Crippen MR) is 77.0 cm³/mol. The van der Waals surface area contributed by atoms with Gasteiger partial charge in [0.1, 0.15) is 0 Å². The van der Waals surface area contributed by atoms with Crippen LogP contribution in [0.15, 0.2) is 18.5 Å². The van der Waals surface area contributed by atoms with Crippen molar-refractivity contribution in [3.8, 4) is 0 Å². The van der Waals surface area contributed by atoms with E-state index >= 15 is 0 Å². The van der Waals surface area contributed by atoms with Crippen molar-refractivity contribution >= 4 is 11.4 Å². The van der Waals surface area contributed by atoms with Crippen molar-refractivity contribution in [2.75, 3.05) is 23.7 Å². The third-order valence-corrected chi connectivity index (χ3v) is 2.64. The molecule has 1 atom stereocenters. The first-order valence-corrected chi connectivity index (χ1v) is 6.58. The van der Waals surface area contributed by atoms with E-state index < -0.39 is 5.60 Å². The third kappa shape index (κ3) is 5.36. The van der Waals surface area contributed by atoms with Crippen LogP contribution in [0.2, 0.25) is 0 Å². The maximum Gasteiger partial charge on any atom is 0.0793 e. The largest absolute Gasteiger partial charge is 0.388 e. The van der Waals surface area contributed by atoms with Gasteiger partial charge in [-0.15, -0.1) is 0 Å². The molecule has 4 heteroatoms. The number of aliphatic hydroxyl groups is 1. The van der Waals surface area contributed by atoms with E-state index in [1.807, 2.05) is 19.9 Å². The summed E-state index contributed by atoms with van der Waals surface area (Å²) in [5.74, 6) is 0.480. The van der Waals surface area contributed by atoms with Crippen LogP contribution in [0.1, 0.15) is 34.1 Å². The van der Waals surface area contributed by atoms with Crippen LogP contribution in [0.5, 0.6) is 0 Å². The van der Waals surface area contributed by atoms with Crippen LogP contribution in [-0.2, 0) is 0 Å². The van der Waals surface area contributed by atoms with Crippen LogP contribution in [-0.4, -0.2) is 28.8 Å². The molecule has 0 radical (unpaired) electrons. The summed E-state index contributed by atoms with van der Waals surface area (Å²) in [7, 11) is 0. The van der Waals surface area contributed by atoms with E-state index in [0.29, 0.717) is 12.5 Å². The number of hydrogen-bond donors (Lipinski definition) is 3. The Balaban J connectivity index is 2.54. The number of anilines is 2. The van der Waals surface area contributed by atoms with Gasteiger partial charge in [0.25, 0.3) is 0 Å². The predicted octanol–water partition coefficient (Wildman–Crippen LogP) is 2.72. The zero-order chi connectivity index (χ0) is 13.6. The van der Waals surface area contributed by atoms with E-state index in [2.05, 4.69) is 29.5 Å². The van der Waals surface area contributed by atoms with Gasteiger partial charge in [-0.05, 0) is 32.3 Å². The minimum atomic E-state index is -0.692. The smallest absolute Gasteiger partial charge is 0.0793 e. The highest BCUT2D eigenvalue weighted by Crippen LogP contribution is 2.18. The van der Waals surface area contributed by atoms with Gasteiger partial charge >= 0.3 is 0 Å². The Morgan fingerprint density at radius 1 is 1.28 bits per heavy atom. The zero-order valence-corrected chi connectivity index (χ0v) is 11.8. The van der Waals surface area contributed by atoms with E-state index in [-0.39, 0.29) is 0 Å². The van der Waals surface area contributed by atoms with Crippen molar-refractivity contribution in [2.24, 2.45) is 5.92 Å². The van der Waals surface area contributed by atoms with Gasteiger partial charge < -0.3 is 15.7 Å². The fraction of sp³-hybridized carbons (Fsp3) is 0.643. The molecule has 1 aromatic rings. The van der Waals surface area contributed by atoms with Crippen LogP contribution in [0.4, 0.5) is 11.4 Å². The minimum Gasteiger partial charge on any atom is -0.388 e. The molecule has 0 aliphatic carbocycles. The SMILES string of the molecule is CCNc1cncc(NCC(C)(O)CC(C)C)c1. The first kappa shape index (κ1) is 14.8. The van der Waals surface area contributed by atoms with Crippen LogP contribution < -0.4 is 10.6 Å². The van der Waals surface area contributed by atoms with Gasteiger partial charge in [0, 0.05) is 13.1 Å². The molecule has 0 aromatic carbocycles. The Labute approximate surface area is 110 Å². The average molecular weight is 251 g/mol. The molecule has 0 saturated carbocycles. The molecule has 0 spiro atoms. The van der Waals surface area contributed by atoms with Crippen LogP contribution in [0.25, 0.3) is 0 Å². The lowest BCUT2D eigenvalue weighted by Gasteiger charge is -2.26. The number of hydrogen-bond acceptors (Lipinski definition) is 4. The maximum absolute atomic E-state index is 10.2. The Bertz CT molecular complexity index is 364. The van der Waals surface area contributed by atoms with Gasteiger partial charge in [-0.25, -0.2) is 0 Å². The molecule has 1 heterocycles. The highest BCUT2D eigenvalue weighted by Gasteiger charge is 2.21. The summed E-state index contributed by atoms with van der Waals surface area (Å²) in [6, 6.07) is 2.00. The van der Waals surface area contributed by atoms with Crippen molar-refractivity contribution in [3.05, 3.63) is 18.5 Å². The maximum atomic E-state index is 10.2. The fourth-order valence-corrected chi connectivity index (χ4v) is 2.08. The number of rotatable bonds is 7. The van der Waals surface area contributed by atoms with Gasteiger partial charge in [-0.1, -0.05) is 13.8 Å². The normalized spacial score (nSPS) is 14.3. The molecule has 0 aliphatic heterocycles. The topological polar surface area (TPSA) is 57.2 Å². The number of aromatic nitrogens is 1. The van der Waals surface area contributed by atoms with Crippen molar-refractivity contribution in [3.63, 3.8) is 0 Å². The van der Waals surface area contributed by atoms with E-state index in [4.69, 9.17) is 0 Å². The Hall–Kier alpha value is -1.29. The molecule has 3 N–H and O–H groups in total. The van der Waals surface area contributed by atoms with Gasteiger partial charge in [-0.3, -0.25) is 4.98 Å². The zero-order valence-electron chi connectivity index (χ0n) is 11.8. The molecule has 18 heavy (non-hydrogen) atoms. The number of nitrogens with zero attached hydrogens (tertiary/aromatic N) is 1. The standard InChI is InChI=1S/C14H25N3O/c1-5-16-12-6-13(9-15-8-12)17-10-14(4,18)7-11(2)3/h6,8-9,11,16-18H,5,7,10H2,1-4H3. The van der Waals surface area contributed by atoms with E-state index in [0.717, 1.165) is 24.3 Å². The lowest BCUT2D eigenvalue weighted by molar-refractivity contribution is 0.0515. The second-order valence-corrected chi connectivity index (χ2v) is 5.44. The molecule has 102 valence electrons. The van der Waals surface area contributed by atoms with Gasteiger partial charge in [0.2, 0.25) is 0 Å². The van der Waals surface area contributed by atoms with E-state index in [9.17, 15) is 5.11 Å². The third-order valence-electron chi connectivity index (χ3n) is 2.64.